The first-order chi connectivity index (χ1) is 16.5. The van der Waals surface area contributed by atoms with E-state index < -0.39 is 29.6 Å². The van der Waals surface area contributed by atoms with E-state index in [1.165, 1.54) is 6.42 Å². The van der Waals surface area contributed by atoms with Crippen molar-refractivity contribution < 1.29 is 23.9 Å². The average molecular weight is 466 g/mol. The lowest BCUT2D eigenvalue weighted by molar-refractivity contribution is -0.142. The molecule has 0 unspecified atom stereocenters. The maximum atomic E-state index is 13.8. The van der Waals surface area contributed by atoms with Gasteiger partial charge in [-0.15, -0.1) is 0 Å². The van der Waals surface area contributed by atoms with E-state index in [1.54, 1.807) is 36.3 Å². The third-order valence-corrected chi connectivity index (χ3v) is 8.09. The molecule has 34 heavy (non-hydrogen) atoms. The van der Waals surface area contributed by atoms with Gasteiger partial charge in [0.05, 0.1) is 25.0 Å². The zero-order valence-corrected chi connectivity index (χ0v) is 19.4. The lowest BCUT2D eigenvalue weighted by Gasteiger charge is -2.34. The second kappa shape index (κ2) is 8.12. The highest BCUT2D eigenvalue weighted by Gasteiger charge is 2.74. The fraction of sp³-hybridized carbons (Fsp3) is 0.577. The van der Waals surface area contributed by atoms with E-state index in [2.05, 4.69) is 10.6 Å². The van der Waals surface area contributed by atoms with Crippen LogP contribution in [0.3, 0.4) is 0 Å². The van der Waals surface area contributed by atoms with E-state index >= 15 is 0 Å². The fourth-order valence-electron chi connectivity index (χ4n) is 6.41. The van der Waals surface area contributed by atoms with Gasteiger partial charge in [-0.25, -0.2) is 0 Å². The summed E-state index contributed by atoms with van der Waals surface area (Å²) in [7, 11) is 1.57. The Labute approximate surface area is 199 Å². The molecule has 2 N–H and O–H groups in total. The lowest BCUT2D eigenvalue weighted by Crippen LogP contribution is -2.57. The molecule has 1 spiro atoms. The Balaban J connectivity index is 1.28. The molecule has 1 aromatic rings. The first-order valence-corrected chi connectivity index (χ1v) is 12.5. The number of benzene rings is 1. The third-order valence-electron chi connectivity index (χ3n) is 8.09. The molecule has 5 aliphatic rings. The molecule has 6 rings (SSSR count). The molecule has 180 valence electrons. The molecule has 5 atom stereocenters. The van der Waals surface area contributed by atoms with E-state index in [9.17, 15) is 14.4 Å². The van der Waals surface area contributed by atoms with Gasteiger partial charge >= 0.3 is 0 Å². The van der Waals surface area contributed by atoms with Gasteiger partial charge < -0.3 is 25.0 Å². The van der Waals surface area contributed by atoms with Crippen molar-refractivity contribution in [1.29, 1.82) is 0 Å². The van der Waals surface area contributed by atoms with E-state index in [0.717, 1.165) is 38.5 Å². The van der Waals surface area contributed by atoms with Gasteiger partial charge in [-0.3, -0.25) is 14.4 Å². The smallest absolute Gasteiger partial charge is 0.246 e. The maximum Gasteiger partial charge on any atom is 0.246 e. The normalized spacial score (nSPS) is 34.3. The summed E-state index contributed by atoms with van der Waals surface area (Å²) in [6.45, 7) is 0. The number of nitrogens with one attached hydrogen (secondary N) is 2. The number of likely N-dealkylation sites (tertiary alicyclic amines) is 1. The number of hydrogen-bond donors (Lipinski definition) is 2. The van der Waals surface area contributed by atoms with Crippen LogP contribution in [0.25, 0.3) is 0 Å². The molecule has 1 aromatic carbocycles. The number of fused-ring (bicyclic) bond motifs is 1. The van der Waals surface area contributed by atoms with E-state index in [-0.39, 0.29) is 29.8 Å². The van der Waals surface area contributed by atoms with Crippen LogP contribution >= 0.6 is 0 Å². The minimum absolute atomic E-state index is 0.0488. The number of carbonyl (C=O) groups excluding carboxylic acids is 3. The quantitative estimate of drug-likeness (QED) is 0.629. The summed E-state index contributed by atoms with van der Waals surface area (Å²) in [6, 6.07) is 6.59. The van der Waals surface area contributed by atoms with Gasteiger partial charge in [0.2, 0.25) is 17.7 Å². The minimum atomic E-state index is -1.08. The van der Waals surface area contributed by atoms with Crippen LogP contribution in [0.15, 0.2) is 36.4 Å². The summed E-state index contributed by atoms with van der Waals surface area (Å²) in [6.07, 6.45) is 10.3. The highest BCUT2D eigenvalue weighted by Crippen LogP contribution is 2.57. The van der Waals surface area contributed by atoms with Crippen LogP contribution in [0.2, 0.25) is 0 Å². The molecule has 2 saturated heterocycles. The number of anilines is 1. The molecule has 8 heteroatoms. The number of nitrogens with zero attached hydrogens (tertiary/aromatic N) is 1. The van der Waals surface area contributed by atoms with Gasteiger partial charge in [-0.1, -0.05) is 37.5 Å². The SMILES string of the molecule is COc1cccc(NC(=O)[C@H]2[C@H]3C=C[C@@]4(O3)[C@H]2C(=O)N(C2CC2)[C@@H]4C(=O)NC2CCCCC2)c1. The van der Waals surface area contributed by atoms with Crippen molar-refractivity contribution in [3.8, 4) is 5.75 Å². The van der Waals surface area contributed by atoms with Gasteiger partial charge in [-0.2, -0.15) is 0 Å². The molecule has 2 bridgehead atoms. The van der Waals surface area contributed by atoms with E-state index in [0.29, 0.717) is 11.4 Å². The number of carbonyl (C=O) groups is 3. The highest BCUT2D eigenvalue weighted by molar-refractivity contribution is 6.03. The van der Waals surface area contributed by atoms with Gasteiger partial charge in [-0.05, 0) is 37.8 Å². The monoisotopic (exact) mass is 465 g/mol. The number of ether oxygens (including phenoxy) is 2. The first-order valence-electron chi connectivity index (χ1n) is 12.5. The van der Waals surface area contributed by atoms with E-state index in [1.807, 2.05) is 12.2 Å². The fourth-order valence-corrected chi connectivity index (χ4v) is 6.41. The molecule has 0 aromatic heterocycles. The molecular weight excluding hydrogens is 434 g/mol. The molecule has 4 fully saturated rings. The topological polar surface area (TPSA) is 97.0 Å². The van der Waals surface area contributed by atoms with Crippen molar-refractivity contribution in [2.45, 2.75) is 74.8 Å². The molecule has 2 aliphatic carbocycles. The van der Waals surface area contributed by atoms with Gasteiger partial charge in [0, 0.05) is 23.8 Å². The Morgan fingerprint density at radius 1 is 1.12 bits per heavy atom. The molecule has 8 nitrogen and oxygen atoms in total. The maximum absolute atomic E-state index is 13.8. The Morgan fingerprint density at radius 2 is 1.91 bits per heavy atom. The van der Waals surface area contributed by atoms with Gasteiger partial charge in [0.25, 0.3) is 0 Å². The first kappa shape index (κ1) is 21.6. The number of hydrogen-bond acceptors (Lipinski definition) is 5. The van der Waals surface area contributed by atoms with Crippen LogP contribution < -0.4 is 15.4 Å². The van der Waals surface area contributed by atoms with Crippen molar-refractivity contribution in [3.63, 3.8) is 0 Å². The van der Waals surface area contributed by atoms with Crippen molar-refractivity contribution in [2.75, 3.05) is 12.4 Å². The average Bonchev–Trinajstić information content (AvgIpc) is 3.44. The standard InChI is InChI=1S/C26H31N3O5/c1-33-18-9-5-8-16(14-18)28-23(30)20-19-12-13-26(34-19)21(20)25(32)29(17-10-11-17)22(26)24(31)27-15-6-3-2-4-7-15/h5,8-9,12-15,17,19-22H,2-4,6-7,10-11H2,1H3,(H,27,31)(H,28,30)/t19-,20+,21-,22-,26-/m1/s1. The third kappa shape index (κ3) is 3.34. The van der Waals surface area contributed by atoms with Crippen LogP contribution in [0, 0.1) is 11.8 Å². The summed E-state index contributed by atoms with van der Waals surface area (Å²) in [4.78, 5) is 42.6. The Bertz CT molecular complexity index is 1050. The Morgan fingerprint density at radius 3 is 2.65 bits per heavy atom. The van der Waals surface area contributed by atoms with Crippen molar-refractivity contribution in [1.82, 2.24) is 10.2 Å². The van der Waals surface area contributed by atoms with Crippen LogP contribution in [0.1, 0.15) is 44.9 Å². The van der Waals surface area contributed by atoms with E-state index in [4.69, 9.17) is 9.47 Å². The molecular formula is C26H31N3O5. The number of amides is 3. The minimum Gasteiger partial charge on any atom is -0.497 e. The zero-order valence-electron chi connectivity index (χ0n) is 19.4. The van der Waals surface area contributed by atoms with Crippen molar-refractivity contribution in [3.05, 3.63) is 36.4 Å². The Hall–Kier alpha value is -2.87. The predicted octanol–water partition coefficient (Wildman–Crippen LogP) is 2.40. The predicted molar refractivity (Wildman–Crippen MR) is 124 cm³/mol. The van der Waals surface area contributed by atoms with Crippen LogP contribution in [0.4, 0.5) is 5.69 Å². The second-order valence-electron chi connectivity index (χ2n) is 10.2. The van der Waals surface area contributed by atoms with Crippen LogP contribution in [-0.4, -0.2) is 59.6 Å². The summed E-state index contributed by atoms with van der Waals surface area (Å²) >= 11 is 0. The molecule has 2 saturated carbocycles. The highest BCUT2D eigenvalue weighted by atomic mass is 16.5. The van der Waals surface area contributed by atoms with Gasteiger partial charge in [0.1, 0.15) is 17.4 Å². The van der Waals surface area contributed by atoms with Crippen LogP contribution in [0.5, 0.6) is 5.75 Å². The molecule has 0 radical (unpaired) electrons. The number of rotatable bonds is 6. The number of methoxy groups -OCH3 is 1. The largest absolute Gasteiger partial charge is 0.497 e. The lowest BCUT2D eigenvalue weighted by atomic mass is 9.74. The van der Waals surface area contributed by atoms with Gasteiger partial charge in [0.15, 0.2) is 0 Å². The second-order valence-corrected chi connectivity index (χ2v) is 10.2. The summed E-state index contributed by atoms with van der Waals surface area (Å²) in [5.41, 5.74) is -0.485. The Kier molecular flexibility index (Phi) is 5.17. The summed E-state index contributed by atoms with van der Waals surface area (Å²) in [5, 5.41) is 6.16. The molecule has 3 amide bonds. The molecule has 3 aliphatic heterocycles. The zero-order chi connectivity index (χ0) is 23.4. The van der Waals surface area contributed by atoms with Crippen LogP contribution in [-0.2, 0) is 19.1 Å². The summed E-state index contributed by atoms with van der Waals surface area (Å²) in [5.74, 6) is -1.30. The van der Waals surface area contributed by atoms with Crippen molar-refractivity contribution in [2.24, 2.45) is 11.8 Å². The molecule has 3 heterocycles. The van der Waals surface area contributed by atoms with Crippen molar-refractivity contribution >= 4 is 23.4 Å². The summed E-state index contributed by atoms with van der Waals surface area (Å²) < 4.78 is 11.6.